The van der Waals surface area contributed by atoms with Gasteiger partial charge in [0.2, 0.25) is 0 Å². The van der Waals surface area contributed by atoms with Crippen LogP contribution in [0.2, 0.25) is 0 Å². The molecule has 1 unspecified atom stereocenters. The summed E-state index contributed by atoms with van der Waals surface area (Å²) in [5, 5.41) is 2.94. The summed E-state index contributed by atoms with van der Waals surface area (Å²) in [6.07, 6.45) is 0. The molecule has 1 atom stereocenters. The number of nitrogens with one attached hydrogen (secondary N) is 1. The summed E-state index contributed by atoms with van der Waals surface area (Å²) in [6.45, 7) is 0.124. The SMILES string of the molecule is NCC(Nc1cccc(F)c1)c1cc(F)cc(F)c1. The van der Waals surface area contributed by atoms with Gasteiger partial charge in [-0.3, -0.25) is 0 Å². The zero-order chi connectivity index (χ0) is 13.8. The topological polar surface area (TPSA) is 38.0 Å². The number of anilines is 1. The summed E-state index contributed by atoms with van der Waals surface area (Å²) in [5.74, 6) is -1.74. The van der Waals surface area contributed by atoms with E-state index in [1.165, 1.54) is 30.3 Å². The lowest BCUT2D eigenvalue weighted by Gasteiger charge is -2.19. The Hall–Kier alpha value is -2.01. The first-order valence-electron chi connectivity index (χ1n) is 5.76. The van der Waals surface area contributed by atoms with Gasteiger partial charge in [0.25, 0.3) is 0 Å². The Balaban J connectivity index is 2.24. The van der Waals surface area contributed by atoms with Crippen molar-refractivity contribution in [3.05, 3.63) is 65.5 Å². The Labute approximate surface area is 109 Å². The molecule has 0 aliphatic heterocycles. The predicted octanol–water partition coefficient (Wildman–Crippen LogP) is 3.22. The van der Waals surface area contributed by atoms with Crippen LogP contribution in [0.4, 0.5) is 18.9 Å². The molecule has 2 nitrogen and oxygen atoms in total. The number of hydrogen-bond donors (Lipinski definition) is 2. The Morgan fingerprint density at radius 1 is 0.947 bits per heavy atom. The van der Waals surface area contributed by atoms with Crippen LogP contribution in [0.1, 0.15) is 11.6 Å². The zero-order valence-electron chi connectivity index (χ0n) is 10.0. The van der Waals surface area contributed by atoms with E-state index in [9.17, 15) is 13.2 Å². The van der Waals surface area contributed by atoms with Crippen molar-refractivity contribution >= 4 is 5.69 Å². The van der Waals surface area contributed by atoms with Gasteiger partial charge < -0.3 is 11.1 Å². The second-order valence-electron chi connectivity index (χ2n) is 4.15. The molecule has 0 fully saturated rings. The molecule has 5 heteroatoms. The molecule has 2 rings (SSSR count). The summed E-state index contributed by atoms with van der Waals surface area (Å²) >= 11 is 0. The molecule has 0 saturated carbocycles. The van der Waals surface area contributed by atoms with Crippen LogP contribution in [-0.4, -0.2) is 6.54 Å². The summed E-state index contributed by atoms with van der Waals surface area (Å²) in [6, 6.07) is 8.49. The quantitative estimate of drug-likeness (QED) is 0.891. The van der Waals surface area contributed by atoms with Gasteiger partial charge >= 0.3 is 0 Å². The Bertz CT molecular complexity index is 552. The van der Waals surface area contributed by atoms with E-state index in [1.54, 1.807) is 6.07 Å². The first-order valence-corrected chi connectivity index (χ1v) is 5.76. The standard InChI is InChI=1S/C14H13F3N2/c15-10-2-1-3-13(7-10)19-14(8-18)9-4-11(16)6-12(17)5-9/h1-7,14,19H,8,18H2. The molecule has 0 aromatic heterocycles. The second-order valence-corrected chi connectivity index (χ2v) is 4.15. The number of hydrogen-bond acceptors (Lipinski definition) is 2. The highest BCUT2D eigenvalue weighted by Gasteiger charge is 2.12. The summed E-state index contributed by atoms with van der Waals surface area (Å²) in [5.41, 5.74) is 6.47. The highest BCUT2D eigenvalue weighted by molar-refractivity contribution is 5.45. The fraction of sp³-hybridized carbons (Fsp3) is 0.143. The normalized spacial score (nSPS) is 12.2. The largest absolute Gasteiger partial charge is 0.377 e. The minimum Gasteiger partial charge on any atom is -0.377 e. The van der Waals surface area contributed by atoms with Crippen molar-refractivity contribution in [1.29, 1.82) is 0 Å². The van der Waals surface area contributed by atoms with Gasteiger partial charge in [-0.1, -0.05) is 6.07 Å². The van der Waals surface area contributed by atoms with Crippen LogP contribution in [0, 0.1) is 17.5 Å². The molecule has 100 valence electrons. The second kappa shape index (κ2) is 5.75. The van der Waals surface area contributed by atoms with Gasteiger partial charge in [-0.15, -0.1) is 0 Å². The monoisotopic (exact) mass is 266 g/mol. The highest BCUT2D eigenvalue weighted by Crippen LogP contribution is 2.21. The molecule has 0 aliphatic rings. The average molecular weight is 266 g/mol. The lowest BCUT2D eigenvalue weighted by molar-refractivity contribution is 0.576. The van der Waals surface area contributed by atoms with E-state index in [0.717, 1.165) is 6.07 Å². The summed E-state index contributed by atoms with van der Waals surface area (Å²) < 4.78 is 39.4. The van der Waals surface area contributed by atoms with Gasteiger partial charge in [-0.05, 0) is 35.9 Å². The van der Waals surface area contributed by atoms with Crippen LogP contribution in [0.5, 0.6) is 0 Å². The molecular formula is C14H13F3N2. The first kappa shape index (κ1) is 13.4. The van der Waals surface area contributed by atoms with Crippen molar-refractivity contribution in [1.82, 2.24) is 0 Å². The lowest BCUT2D eigenvalue weighted by Crippen LogP contribution is -2.21. The Morgan fingerprint density at radius 2 is 1.63 bits per heavy atom. The smallest absolute Gasteiger partial charge is 0.126 e. The number of halogens is 3. The molecule has 2 aromatic carbocycles. The molecule has 2 aromatic rings. The molecule has 0 radical (unpaired) electrons. The van der Waals surface area contributed by atoms with E-state index >= 15 is 0 Å². The maximum absolute atomic E-state index is 13.2. The third-order valence-corrected chi connectivity index (χ3v) is 2.69. The summed E-state index contributed by atoms with van der Waals surface area (Å²) in [4.78, 5) is 0. The van der Waals surface area contributed by atoms with E-state index in [0.29, 0.717) is 11.3 Å². The van der Waals surface area contributed by atoms with Crippen LogP contribution in [0.3, 0.4) is 0 Å². The predicted molar refractivity (Wildman–Crippen MR) is 68.2 cm³/mol. The molecule has 3 N–H and O–H groups in total. The van der Waals surface area contributed by atoms with Crippen LogP contribution < -0.4 is 11.1 Å². The van der Waals surface area contributed by atoms with Crippen molar-refractivity contribution < 1.29 is 13.2 Å². The van der Waals surface area contributed by atoms with Crippen LogP contribution in [0.25, 0.3) is 0 Å². The van der Waals surface area contributed by atoms with Crippen molar-refractivity contribution in [3.8, 4) is 0 Å². The van der Waals surface area contributed by atoms with Gasteiger partial charge in [0.15, 0.2) is 0 Å². The van der Waals surface area contributed by atoms with Gasteiger partial charge in [0.1, 0.15) is 17.5 Å². The van der Waals surface area contributed by atoms with E-state index in [2.05, 4.69) is 5.32 Å². The Morgan fingerprint density at radius 3 is 2.21 bits per heavy atom. The van der Waals surface area contributed by atoms with E-state index in [4.69, 9.17) is 5.73 Å². The molecule has 0 heterocycles. The third kappa shape index (κ3) is 3.48. The molecule has 0 saturated heterocycles. The third-order valence-electron chi connectivity index (χ3n) is 2.69. The van der Waals surface area contributed by atoms with E-state index in [1.807, 2.05) is 0 Å². The molecule has 0 amide bonds. The van der Waals surface area contributed by atoms with E-state index < -0.39 is 23.5 Å². The molecule has 0 bridgehead atoms. The van der Waals surface area contributed by atoms with Gasteiger partial charge in [-0.25, -0.2) is 13.2 Å². The average Bonchev–Trinajstić information content (AvgIpc) is 2.34. The fourth-order valence-corrected chi connectivity index (χ4v) is 1.83. The zero-order valence-corrected chi connectivity index (χ0v) is 10.0. The lowest BCUT2D eigenvalue weighted by atomic mass is 10.1. The molecular weight excluding hydrogens is 253 g/mol. The maximum atomic E-state index is 13.2. The van der Waals surface area contributed by atoms with Gasteiger partial charge in [-0.2, -0.15) is 0 Å². The molecule has 0 aliphatic carbocycles. The Kier molecular flexibility index (Phi) is 4.06. The maximum Gasteiger partial charge on any atom is 0.126 e. The van der Waals surface area contributed by atoms with Crippen molar-refractivity contribution in [2.24, 2.45) is 5.73 Å². The van der Waals surface area contributed by atoms with Crippen molar-refractivity contribution in [3.63, 3.8) is 0 Å². The first-order chi connectivity index (χ1) is 9.08. The molecule has 19 heavy (non-hydrogen) atoms. The highest BCUT2D eigenvalue weighted by atomic mass is 19.1. The van der Waals surface area contributed by atoms with Crippen molar-refractivity contribution in [2.75, 3.05) is 11.9 Å². The van der Waals surface area contributed by atoms with Gasteiger partial charge in [0.05, 0.1) is 6.04 Å². The van der Waals surface area contributed by atoms with Gasteiger partial charge in [0, 0.05) is 18.3 Å². The van der Waals surface area contributed by atoms with Crippen molar-refractivity contribution in [2.45, 2.75) is 6.04 Å². The number of benzene rings is 2. The van der Waals surface area contributed by atoms with E-state index in [-0.39, 0.29) is 6.54 Å². The molecule has 0 spiro atoms. The minimum absolute atomic E-state index is 0.124. The van der Waals surface area contributed by atoms with Crippen LogP contribution in [0.15, 0.2) is 42.5 Å². The fourth-order valence-electron chi connectivity index (χ4n) is 1.83. The number of rotatable bonds is 4. The number of nitrogens with two attached hydrogens (primary N) is 1. The summed E-state index contributed by atoms with van der Waals surface area (Å²) in [7, 11) is 0. The van der Waals surface area contributed by atoms with Crippen LogP contribution >= 0.6 is 0 Å². The van der Waals surface area contributed by atoms with Crippen LogP contribution in [-0.2, 0) is 0 Å². The minimum atomic E-state index is -0.672.